The van der Waals surface area contributed by atoms with E-state index in [0.717, 1.165) is 42.4 Å². The van der Waals surface area contributed by atoms with Gasteiger partial charge >= 0.3 is 0 Å². The minimum atomic E-state index is -0.130. The van der Waals surface area contributed by atoms with Crippen LogP contribution in [0.2, 0.25) is 0 Å². The summed E-state index contributed by atoms with van der Waals surface area (Å²) in [5, 5.41) is 17.2. The van der Waals surface area contributed by atoms with Crippen molar-refractivity contribution in [2.75, 3.05) is 33.8 Å². The Morgan fingerprint density at radius 1 is 0.919 bits per heavy atom. The molecule has 2 aliphatic rings. The molecule has 0 fully saturated rings. The molecule has 1 aliphatic heterocycles. The lowest BCUT2D eigenvalue weighted by Crippen LogP contribution is -2.32. The summed E-state index contributed by atoms with van der Waals surface area (Å²) >= 11 is 0. The maximum Gasteiger partial charge on any atom is 0.161 e. The van der Waals surface area contributed by atoms with Gasteiger partial charge in [0.25, 0.3) is 0 Å². The molecule has 9 nitrogen and oxygen atoms in total. The molecular formula is C28H31N5O4. The Labute approximate surface area is 215 Å². The van der Waals surface area contributed by atoms with Gasteiger partial charge in [-0.3, -0.25) is 5.41 Å². The highest BCUT2D eigenvalue weighted by Gasteiger charge is 2.33. The van der Waals surface area contributed by atoms with Crippen molar-refractivity contribution in [1.82, 2.24) is 9.66 Å². The predicted molar refractivity (Wildman–Crippen MR) is 141 cm³/mol. The van der Waals surface area contributed by atoms with Crippen molar-refractivity contribution < 1.29 is 18.9 Å². The molecule has 192 valence electrons. The van der Waals surface area contributed by atoms with Gasteiger partial charge < -0.3 is 24.3 Å². The molecule has 2 aromatic carbocycles. The van der Waals surface area contributed by atoms with E-state index in [9.17, 15) is 0 Å². The number of allylic oxidation sites excluding steroid dienone is 2. The molecule has 9 heteroatoms. The van der Waals surface area contributed by atoms with E-state index in [2.05, 4.69) is 15.4 Å². The number of nitrogens with one attached hydrogen (secondary N) is 2. The molecule has 0 saturated carbocycles. The Morgan fingerprint density at radius 2 is 1.59 bits per heavy atom. The van der Waals surface area contributed by atoms with Crippen LogP contribution in [0.1, 0.15) is 48.3 Å². The Kier molecular flexibility index (Phi) is 6.85. The van der Waals surface area contributed by atoms with Crippen LogP contribution in [0.3, 0.4) is 0 Å². The topological polar surface area (TPSA) is 103 Å². The zero-order valence-electron chi connectivity index (χ0n) is 21.5. The summed E-state index contributed by atoms with van der Waals surface area (Å²) in [5.74, 6) is 3.15. The highest BCUT2D eigenvalue weighted by Crippen LogP contribution is 2.45. The first-order chi connectivity index (χ1) is 18.1. The van der Waals surface area contributed by atoms with Crippen LogP contribution < -0.4 is 29.8 Å². The third kappa shape index (κ3) is 4.52. The standard InChI is InChI=1S/C28H31N5O4/c1-34-21-11-9-17(13-23(21)36-3)15-31-33-16-30-28-26(27(33)29)25(19-7-5-6-8-20(19)32-28)18-10-12-22(35-2)24(14-18)37-4/h9-16,25,29,32H,5-8H2,1-4H3/b29-27?,31-15+. The molecule has 1 aromatic heterocycles. The molecule has 1 aliphatic carbocycles. The Balaban J connectivity index is 1.60. The van der Waals surface area contributed by atoms with Crippen LogP contribution in [0.5, 0.6) is 23.0 Å². The van der Waals surface area contributed by atoms with Crippen molar-refractivity contribution in [3.05, 3.63) is 76.2 Å². The molecule has 2 N–H and O–H groups in total. The van der Waals surface area contributed by atoms with Crippen LogP contribution in [-0.4, -0.2) is 44.3 Å². The van der Waals surface area contributed by atoms with Crippen LogP contribution >= 0.6 is 0 Å². The Hall–Kier alpha value is -4.27. The number of aromatic nitrogens is 2. The average molecular weight is 502 g/mol. The zero-order valence-corrected chi connectivity index (χ0v) is 21.5. The summed E-state index contributed by atoms with van der Waals surface area (Å²) in [6.07, 6.45) is 7.44. The van der Waals surface area contributed by atoms with Crippen molar-refractivity contribution in [2.45, 2.75) is 31.6 Å². The number of anilines is 1. The zero-order chi connectivity index (χ0) is 25.9. The third-order valence-electron chi connectivity index (χ3n) is 6.93. The number of hydrogen-bond donors (Lipinski definition) is 2. The summed E-state index contributed by atoms with van der Waals surface area (Å²) in [6, 6.07) is 11.5. The van der Waals surface area contributed by atoms with Gasteiger partial charge in [0.2, 0.25) is 0 Å². The van der Waals surface area contributed by atoms with Gasteiger partial charge in [0.1, 0.15) is 12.1 Å². The fourth-order valence-electron chi connectivity index (χ4n) is 5.11. The van der Waals surface area contributed by atoms with Crippen molar-refractivity contribution in [2.24, 2.45) is 5.10 Å². The number of nitrogens with zero attached hydrogens (tertiary/aromatic N) is 3. The minimum Gasteiger partial charge on any atom is -0.493 e. The van der Waals surface area contributed by atoms with E-state index < -0.39 is 0 Å². The van der Waals surface area contributed by atoms with Crippen molar-refractivity contribution in [3.63, 3.8) is 0 Å². The van der Waals surface area contributed by atoms with Gasteiger partial charge in [-0.15, -0.1) is 0 Å². The fraction of sp³-hybridized carbons (Fsp3) is 0.321. The summed E-state index contributed by atoms with van der Waals surface area (Å²) in [5.41, 5.74) is 5.41. The van der Waals surface area contributed by atoms with Crippen molar-refractivity contribution in [3.8, 4) is 23.0 Å². The van der Waals surface area contributed by atoms with E-state index >= 15 is 0 Å². The van der Waals surface area contributed by atoms with E-state index in [1.165, 1.54) is 15.9 Å². The summed E-state index contributed by atoms with van der Waals surface area (Å²) in [4.78, 5) is 4.68. The van der Waals surface area contributed by atoms with Gasteiger partial charge in [0, 0.05) is 11.6 Å². The summed E-state index contributed by atoms with van der Waals surface area (Å²) in [7, 11) is 6.46. The van der Waals surface area contributed by atoms with Crippen LogP contribution in [0.15, 0.2) is 59.1 Å². The lowest BCUT2D eigenvalue weighted by atomic mass is 9.77. The molecule has 5 rings (SSSR count). The Bertz CT molecular complexity index is 1440. The van der Waals surface area contributed by atoms with E-state index in [0.29, 0.717) is 28.8 Å². The van der Waals surface area contributed by atoms with Crippen LogP contribution in [-0.2, 0) is 0 Å². The van der Waals surface area contributed by atoms with Gasteiger partial charge in [-0.05, 0) is 72.7 Å². The number of hydrogen-bond acceptors (Lipinski definition) is 8. The molecular weight excluding hydrogens is 470 g/mol. The van der Waals surface area contributed by atoms with Crippen molar-refractivity contribution >= 4 is 12.0 Å². The molecule has 1 atom stereocenters. The number of benzene rings is 2. The second-order valence-electron chi connectivity index (χ2n) is 8.94. The van der Waals surface area contributed by atoms with E-state index in [-0.39, 0.29) is 11.4 Å². The fourth-order valence-corrected chi connectivity index (χ4v) is 5.11. The van der Waals surface area contributed by atoms with E-state index in [1.54, 1.807) is 41.0 Å². The highest BCUT2D eigenvalue weighted by atomic mass is 16.5. The number of ether oxygens (including phenoxy) is 4. The lowest BCUT2D eigenvalue weighted by Gasteiger charge is -2.34. The van der Waals surface area contributed by atoms with Crippen molar-refractivity contribution in [1.29, 1.82) is 5.41 Å². The molecule has 0 saturated heterocycles. The molecule has 3 aromatic rings. The predicted octanol–water partition coefficient (Wildman–Crippen LogP) is 4.66. The summed E-state index contributed by atoms with van der Waals surface area (Å²) in [6.45, 7) is 0. The maximum atomic E-state index is 9.14. The van der Waals surface area contributed by atoms with Gasteiger partial charge in [-0.25, -0.2) is 9.66 Å². The second kappa shape index (κ2) is 10.4. The number of fused-ring (bicyclic) bond motifs is 1. The van der Waals surface area contributed by atoms with Crippen LogP contribution in [0, 0.1) is 5.41 Å². The van der Waals surface area contributed by atoms with Gasteiger partial charge in [0.05, 0.1) is 40.2 Å². The first-order valence-corrected chi connectivity index (χ1v) is 12.2. The third-order valence-corrected chi connectivity index (χ3v) is 6.93. The van der Waals surface area contributed by atoms with E-state index in [4.69, 9.17) is 24.4 Å². The van der Waals surface area contributed by atoms with Gasteiger partial charge in [-0.1, -0.05) is 6.07 Å². The SMILES string of the molecule is COc1ccc(/C=N/n2cnc3c(c2=N)C(c2ccc(OC)c(OC)c2)C2=C(CCCC2)N3)cc1OC. The first kappa shape index (κ1) is 24.4. The van der Waals surface area contributed by atoms with Crippen LogP contribution in [0.4, 0.5) is 5.82 Å². The number of methoxy groups -OCH3 is 4. The molecule has 0 spiro atoms. The molecule has 0 radical (unpaired) electrons. The summed E-state index contributed by atoms with van der Waals surface area (Å²) < 4.78 is 23.3. The normalized spacial score (nSPS) is 16.6. The quantitative estimate of drug-likeness (QED) is 0.457. The monoisotopic (exact) mass is 501 g/mol. The van der Waals surface area contributed by atoms with Gasteiger partial charge in [0.15, 0.2) is 28.5 Å². The molecule has 1 unspecified atom stereocenters. The second-order valence-corrected chi connectivity index (χ2v) is 8.94. The largest absolute Gasteiger partial charge is 0.493 e. The molecule has 0 amide bonds. The average Bonchev–Trinajstić information content (AvgIpc) is 2.95. The lowest BCUT2D eigenvalue weighted by molar-refractivity contribution is 0.354. The minimum absolute atomic E-state index is 0.130. The van der Waals surface area contributed by atoms with E-state index in [1.807, 2.05) is 36.4 Å². The maximum absolute atomic E-state index is 9.14. The molecule has 37 heavy (non-hydrogen) atoms. The van der Waals surface area contributed by atoms with Crippen LogP contribution in [0.25, 0.3) is 0 Å². The molecule has 0 bridgehead atoms. The Morgan fingerprint density at radius 3 is 2.32 bits per heavy atom. The first-order valence-electron chi connectivity index (χ1n) is 12.2. The number of rotatable bonds is 7. The highest BCUT2D eigenvalue weighted by molar-refractivity contribution is 5.80. The molecule has 2 heterocycles. The van der Waals surface area contributed by atoms with Gasteiger partial charge in [-0.2, -0.15) is 5.10 Å². The smallest absolute Gasteiger partial charge is 0.161 e.